The van der Waals surface area contributed by atoms with Crippen LogP contribution < -0.4 is 0 Å². The maximum Gasteiger partial charge on any atom is 0.259 e. The largest absolute Gasteiger partial charge is 0.385 e. The molecular formula is C24H28N4O3. The first-order valence-electron chi connectivity index (χ1n) is 10.8. The van der Waals surface area contributed by atoms with Crippen LogP contribution in [0.15, 0.2) is 59.4 Å². The van der Waals surface area contributed by atoms with Gasteiger partial charge in [-0.1, -0.05) is 35.5 Å². The minimum absolute atomic E-state index is 0.202. The van der Waals surface area contributed by atoms with Crippen molar-refractivity contribution in [2.24, 2.45) is 0 Å². The van der Waals surface area contributed by atoms with Crippen molar-refractivity contribution < 1.29 is 14.1 Å². The van der Waals surface area contributed by atoms with Crippen molar-refractivity contribution in [3.05, 3.63) is 66.2 Å². The van der Waals surface area contributed by atoms with E-state index in [9.17, 15) is 4.79 Å². The molecule has 2 aromatic heterocycles. The summed E-state index contributed by atoms with van der Waals surface area (Å²) in [5, 5.41) is 4.31. The van der Waals surface area contributed by atoms with Gasteiger partial charge in [-0.3, -0.25) is 9.78 Å². The van der Waals surface area contributed by atoms with Crippen molar-refractivity contribution in [3.8, 4) is 11.5 Å². The van der Waals surface area contributed by atoms with E-state index in [1.54, 1.807) is 19.5 Å². The number of hydrogen-bond donors (Lipinski definition) is 0. The second-order valence-electron chi connectivity index (χ2n) is 8.05. The minimum atomic E-state index is -0.254. The van der Waals surface area contributed by atoms with Crippen LogP contribution in [0, 0.1) is 0 Å². The number of benzene rings is 1. The SMILES string of the molecule is COCCC1(c2noc(-c3cccnc3)n2)CCN(C(=O)CCc2ccccc2)CC1. The molecule has 0 spiro atoms. The molecule has 1 fully saturated rings. The predicted molar refractivity (Wildman–Crippen MR) is 116 cm³/mol. The van der Waals surface area contributed by atoms with Gasteiger partial charge >= 0.3 is 0 Å². The number of pyridine rings is 1. The van der Waals surface area contributed by atoms with Crippen molar-refractivity contribution >= 4 is 5.91 Å². The van der Waals surface area contributed by atoms with Gasteiger partial charge in [0.1, 0.15) is 0 Å². The number of carbonyl (C=O) groups is 1. The summed E-state index contributed by atoms with van der Waals surface area (Å²) in [6.45, 7) is 1.99. The van der Waals surface area contributed by atoms with E-state index in [4.69, 9.17) is 14.2 Å². The van der Waals surface area contributed by atoms with Gasteiger partial charge in [-0.25, -0.2) is 0 Å². The average Bonchev–Trinajstić information content (AvgIpc) is 3.34. The van der Waals surface area contributed by atoms with Crippen LogP contribution in [0.1, 0.15) is 37.1 Å². The van der Waals surface area contributed by atoms with Crippen LogP contribution in [0.25, 0.3) is 11.5 Å². The van der Waals surface area contributed by atoms with Gasteiger partial charge in [0.05, 0.1) is 5.56 Å². The Bertz CT molecular complexity index is 967. The molecule has 7 heteroatoms. The van der Waals surface area contributed by atoms with Gasteiger partial charge in [0.15, 0.2) is 5.82 Å². The summed E-state index contributed by atoms with van der Waals surface area (Å²) in [6, 6.07) is 13.9. The smallest absolute Gasteiger partial charge is 0.259 e. The van der Waals surface area contributed by atoms with Crippen LogP contribution in [0.2, 0.25) is 0 Å². The van der Waals surface area contributed by atoms with Crippen LogP contribution in [0.3, 0.4) is 0 Å². The molecule has 162 valence electrons. The topological polar surface area (TPSA) is 81.3 Å². The molecule has 1 amide bonds. The number of aryl methyl sites for hydroxylation is 1. The fraction of sp³-hybridized carbons (Fsp3) is 0.417. The van der Waals surface area contributed by atoms with Crippen LogP contribution in [0.5, 0.6) is 0 Å². The van der Waals surface area contributed by atoms with E-state index in [-0.39, 0.29) is 11.3 Å². The highest BCUT2D eigenvalue weighted by molar-refractivity contribution is 5.76. The van der Waals surface area contributed by atoms with E-state index in [0.717, 1.165) is 31.2 Å². The molecule has 3 heterocycles. The van der Waals surface area contributed by atoms with Gasteiger partial charge in [-0.15, -0.1) is 0 Å². The molecule has 0 N–H and O–H groups in total. The molecule has 3 aromatic rings. The number of methoxy groups -OCH3 is 1. The van der Waals surface area contributed by atoms with Gasteiger partial charge in [0.2, 0.25) is 5.91 Å². The van der Waals surface area contributed by atoms with E-state index in [2.05, 4.69) is 22.3 Å². The number of carbonyl (C=O) groups excluding carboxylic acids is 1. The third-order valence-electron chi connectivity index (χ3n) is 6.14. The highest BCUT2D eigenvalue weighted by Gasteiger charge is 2.41. The molecule has 0 saturated carbocycles. The monoisotopic (exact) mass is 420 g/mol. The van der Waals surface area contributed by atoms with Crippen molar-refractivity contribution in [2.75, 3.05) is 26.8 Å². The third-order valence-corrected chi connectivity index (χ3v) is 6.14. The Kier molecular flexibility index (Phi) is 6.72. The Balaban J connectivity index is 1.42. The lowest BCUT2D eigenvalue weighted by Gasteiger charge is -2.40. The summed E-state index contributed by atoms with van der Waals surface area (Å²) >= 11 is 0. The lowest BCUT2D eigenvalue weighted by atomic mass is 9.75. The standard InChI is InChI=1S/C24H28N4O3/c1-30-17-13-24(23-26-22(31-27-23)20-8-5-14-25-18-20)11-15-28(16-12-24)21(29)10-9-19-6-3-2-4-7-19/h2-8,14,18H,9-13,15-17H2,1H3. The first-order valence-corrected chi connectivity index (χ1v) is 10.8. The van der Waals surface area contributed by atoms with E-state index in [1.807, 2.05) is 35.2 Å². The normalized spacial score (nSPS) is 15.7. The van der Waals surface area contributed by atoms with Gasteiger partial charge in [-0.05, 0) is 43.4 Å². The Morgan fingerprint density at radius 3 is 2.68 bits per heavy atom. The van der Waals surface area contributed by atoms with Crippen LogP contribution in [-0.2, 0) is 21.4 Å². The highest BCUT2D eigenvalue weighted by Crippen LogP contribution is 2.38. The van der Waals surface area contributed by atoms with Crippen LogP contribution in [-0.4, -0.2) is 52.7 Å². The number of nitrogens with zero attached hydrogens (tertiary/aromatic N) is 4. The molecule has 0 aliphatic carbocycles. The number of aromatic nitrogens is 3. The lowest BCUT2D eigenvalue weighted by Crippen LogP contribution is -2.46. The van der Waals surface area contributed by atoms with E-state index >= 15 is 0 Å². The summed E-state index contributed by atoms with van der Waals surface area (Å²) < 4.78 is 10.9. The molecule has 1 aliphatic heterocycles. The van der Waals surface area contributed by atoms with Crippen LogP contribution >= 0.6 is 0 Å². The Morgan fingerprint density at radius 2 is 1.97 bits per heavy atom. The Labute approximate surface area is 182 Å². The Hall–Kier alpha value is -3.06. The molecule has 4 rings (SSSR count). The van der Waals surface area contributed by atoms with Crippen molar-refractivity contribution in [3.63, 3.8) is 0 Å². The Morgan fingerprint density at radius 1 is 1.16 bits per heavy atom. The molecule has 1 aliphatic rings. The second kappa shape index (κ2) is 9.83. The number of piperidine rings is 1. The summed E-state index contributed by atoms with van der Waals surface area (Å²) in [5.41, 5.74) is 1.74. The summed E-state index contributed by atoms with van der Waals surface area (Å²) in [5.74, 6) is 1.37. The number of likely N-dealkylation sites (tertiary alicyclic amines) is 1. The molecule has 1 saturated heterocycles. The van der Waals surface area contributed by atoms with E-state index in [1.165, 1.54) is 5.56 Å². The second-order valence-corrected chi connectivity index (χ2v) is 8.05. The zero-order chi connectivity index (χ0) is 21.5. The summed E-state index contributed by atoms with van der Waals surface area (Å²) in [6.07, 6.45) is 7.10. The third kappa shape index (κ3) is 4.99. The molecule has 31 heavy (non-hydrogen) atoms. The van der Waals surface area contributed by atoms with Gasteiger partial charge in [-0.2, -0.15) is 4.98 Å². The van der Waals surface area contributed by atoms with Crippen molar-refractivity contribution in [2.45, 2.75) is 37.5 Å². The van der Waals surface area contributed by atoms with E-state index < -0.39 is 0 Å². The predicted octanol–water partition coefficient (Wildman–Crippen LogP) is 3.66. The molecule has 7 nitrogen and oxygen atoms in total. The van der Waals surface area contributed by atoms with Gasteiger partial charge in [0.25, 0.3) is 5.89 Å². The van der Waals surface area contributed by atoms with Gasteiger partial charge in [0, 0.05) is 51.0 Å². The fourth-order valence-electron chi connectivity index (χ4n) is 4.17. The maximum atomic E-state index is 12.8. The number of ether oxygens (including phenoxy) is 1. The number of rotatable bonds is 8. The molecule has 1 aromatic carbocycles. The highest BCUT2D eigenvalue weighted by atomic mass is 16.5. The lowest BCUT2D eigenvalue weighted by molar-refractivity contribution is -0.133. The number of hydrogen-bond acceptors (Lipinski definition) is 6. The quantitative estimate of drug-likeness (QED) is 0.553. The molecule has 0 atom stereocenters. The van der Waals surface area contributed by atoms with E-state index in [0.29, 0.717) is 37.8 Å². The van der Waals surface area contributed by atoms with Crippen molar-refractivity contribution in [1.29, 1.82) is 0 Å². The van der Waals surface area contributed by atoms with Gasteiger partial charge < -0.3 is 14.2 Å². The molecular weight excluding hydrogens is 392 g/mol. The number of amides is 1. The average molecular weight is 421 g/mol. The van der Waals surface area contributed by atoms with Crippen molar-refractivity contribution in [1.82, 2.24) is 20.0 Å². The summed E-state index contributed by atoms with van der Waals surface area (Å²) in [7, 11) is 1.70. The minimum Gasteiger partial charge on any atom is -0.385 e. The first-order chi connectivity index (χ1) is 15.2. The summed E-state index contributed by atoms with van der Waals surface area (Å²) in [4.78, 5) is 23.6. The first kappa shape index (κ1) is 21.2. The maximum absolute atomic E-state index is 12.8. The zero-order valence-electron chi connectivity index (χ0n) is 17.9. The molecule has 0 bridgehead atoms. The molecule has 0 unspecified atom stereocenters. The molecule has 0 radical (unpaired) electrons. The zero-order valence-corrected chi connectivity index (χ0v) is 17.9. The fourth-order valence-corrected chi connectivity index (χ4v) is 4.17. The van der Waals surface area contributed by atoms with Crippen LogP contribution in [0.4, 0.5) is 0 Å².